The van der Waals surface area contributed by atoms with Crippen molar-refractivity contribution in [3.63, 3.8) is 0 Å². The molecule has 0 spiro atoms. The summed E-state index contributed by atoms with van der Waals surface area (Å²) in [5.74, 6) is 5.29. The van der Waals surface area contributed by atoms with Crippen LogP contribution in [0, 0.1) is 5.92 Å². The molecular formula is C46H59O11Si2+. The molecule has 0 aliphatic rings. The van der Waals surface area contributed by atoms with E-state index in [0.29, 0.717) is 11.8 Å². The van der Waals surface area contributed by atoms with E-state index < -0.39 is 18.3 Å². The van der Waals surface area contributed by atoms with Gasteiger partial charge in [-0.15, -0.1) is 0 Å². The number of ether oxygens (including phenoxy) is 5. The minimum absolute atomic E-state index is 0. The normalized spacial score (nSPS) is 10.8. The summed E-state index contributed by atoms with van der Waals surface area (Å²) in [5.41, 5.74) is 6.44. The maximum atomic E-state index is 8.40. The van der Waals surface area contributed by atoms with E-state index in [4.69, 9.17) is 50.3 Å². The minimum Gasteiger partial charge on any atom is -0.497 e. The molecule has 5 aromatic rings. The third-order valence-electron chi connectivity index (χ3n) is 8.86. The van der Waals surface area contributed by atoms with Crippen molar-refractivity contribution in [3.8, 4) is 28.7 Å². The first-order valence-electron chi connectivity index (χ1n) is 19.2. The van der Waals surface area contributed by atoms with Crippen LogP contribution < -0.4 is 23.7 Å². The fourth-order valence-electron chi connectivity index (χ4n) is 5.66. The summed E-state index contributed by atoms with van der Waals surface area (Å²) in [4.78, 5) is 0. The van der Waals surface area contributed by atoms with Crippen molar-refractivity contribution in [2.45, 2.75) is 66.5 Å². The molecule has 11 nitrogen and oxygen atoms in total. The largest absolute Gasteiger partial charge is 1.00 e. The standard InChI is InChI=1S/C32H36O8Si.C14H22O.O2Si/c1-33-29-13-5-25(6-14-29)21-37-41(38-22-26-7-15-30(34-2)16-8-26,39-23-27-9-17-31(35-3)18-10-27)40-24-28-11-19-32(36-4)20-12-28;1-10(2)8-12-6-7-14(15-5)13(9-12)11(3)4;1-3-2/h5-20H,21-24H2,1-4H3;6-7,9-11H,8H2,1-5H3;/p+1. The van der Waals surface area contributed by atoms with Gasteiger partial charge in [0.05, 0.1) is 62.0 Å². The van der Waals surface area contributed by atoms with Gasteiger partial charge in [0.25, 0.3) is 0 Å². The predicted octanol–water partition coefficient (Wildman–Crippen LogP) is 9.83. The quantitative estimate of drug-likeness (QED) is 0.0697. The van der Waals surface area contributed by atoms with E-state index in [0.717, 1.165) is 57.4 Å². The Bertz CT molecular complexity index is 1740. The third-order valence-corrected chi connectivity index (χ3v) is 10.9. The van der Waals surface area contributed by atoms with Crippen molar-refractivity contribution in [2.75, 3.05) is 35.5 Å². The molecule has 13 heteroatoms. The second-order valence-electron chi connectivity index (χ2n) is 14.0. The molecule has 0 fully saturated rings. The summed E-state index contributed by atoms with van der Waals surface area (Å²) < 4.78 is 69.1. The van der Waals surface area contributed by atoms with Crippen LogP contribution in [0.5, 0.6) is 28.7 Å². The molecule has 0 heterocycles. The lowest BCUT2D eigenvalue weighted by Crippen LogP contribution is -2.48. The molecule has 0 unspecified atom stereocenters. The maximum Gasteiger partial charge on any atom is 1.00 e. The van der Waals surface area contributed by atoms with E-state index in [1.165, 1.54) is 11.1 Å². The molecule has 0 aromatic heterocycles. The molecular weight excluding hydrogens is 785 g/mol. The average Bonchev–Trinajstić information content (AvgIpc) is 3.26. The summed E-state index contributed by atoms with van der Waals surface area (Å²) >= 11 is 0. The highest BCUT2D eigenvalue weighted by Crippen LogP contribution is 2.28. The highest BCUT2D eigenvalue weighted by molar-refractivity contribution is 6.53. The maximum absolute atomic E-state index is 8.40. The fourth-order valence-corrected chi connectivity index (χ4v) is 7.53. The van der Waals surface area contributed by atoms with Gasteiger partial charge in [-0.05, 0) is 106 Å². The molecule has 0 radical (unpaired) electrons. The van der Waals surface area contributed by atoms with Crippen LogP contribution in [0.2, 0.25) is 0 Å². The first kappa shape index (κ1) is 48.3. The smallest absolute Gasteiger partial charge is 0.497 e. The molecule has 0 amide bonds. The molecule has 0 aliphatic carbocycles. The number of benzene rings is 5. The Balaban J connectivity index is 0.000000546. The zero-order valence-electron chi connectivity index (χ0n) is 36.7. The highest BCUT2D eigenvalue weighted by Gasteiger charge is 2.46. The molecule has 5 rings (SSSR count). The molecule has 0 saturated heterocycles. The molecule has 59 heavy (non-hydrogen) atoms. The Morgan fingerprint density at radius 1 is 0.458 bits per heavy atom. The lowest BCUT2D eigenvalue weighted by atomic mass is 9.95. The van der Waals surface area contributed by atoms with Crippen LogP contribution in [0.3, 0.4) is 0 Å². The van der Waals surface area contributed by atoms with Gasteiger partial charge < -0.3 is 41.4 Å². The molecule has 316 valence electrons. The van der Waals surface area contributed by atoms with Gasteiger partial charge in [0, 0.05) is 0 Å². The van der Waals surface area contributed by atoms with Crippen LogP contribution in [0.25, 0.3) is 0 Å². The minimum atomic E-state index is -3.74. The molecule has 0 N–H and O–H groups in total. The van der Waals surface area contributed by atoms with E-state index >= 15 is 0 Å². The van der Waals surface area contributed by atoms with Gasteiger partial charge in [0.2, 0.25) is 0 Å². The third kappa shape index (κ3) is 17.0. The van der Waals surface area contributed by atoms with Crippen molar-refractivity contribution in [1.29, 1.82) is 0 Å². The summed E-state index contributed by atoms with van der Waals surface area (Å²) in [7, 11) is 3.13. The summed E-state index contributed by atoms with van der Waals surface area (Å²) in [6.45, 7) is 9.81. The van der Waals surface area contributed by atoms with Gasteiger partial charge in [0.15, 0.2) is 0 Å². The summed E-state index contributed by atoms with van der Waals surface area (Å²) in [6, 6.07) is 37.1. The highest BCUT2D eigenvalue weighted by atomic mass is 28.4. The zero-order valence-corrected chi connectivity index (χ0v) is 37.7. The van der Waals surface area contributed by atoms with Crippen LogP contribution in [0.1, 0.15) is 68.4 Å². The lowest BCUT2D eigenvalue weighted by molar-refractivity contribution is -0.0521. The van der Waals surface area contributed by atoms with E-state index in [-0.39, 0.29) is 27.9 Å². The topological polar surface area (TPSA) is 117 Å². The van der Waals surface area contributed by atoms with Gasteiger partial charge in [-0.1, -0.05) is 88.4 Å². The van der Waals surface area contributed by atoms with Crippen molar-refractivity contribution in [3.05, 3.63) is 149 Å². The van der Waals surface area contributed by atoms with Gasteiger partial charge in [-0.2, -0.15) is 0 Å². The molecule has 5 aromatic carbocycles. The van der Waals surface area contributed by atoms with Crippen molar-refractivity contribution in [2.24, 2.45) is 5.92 Å². The zero-order chi connectivity index (χ0) is 43.0. The first-order chi connectivity index (χ1) is 28.5. The van der Waals surface area contributed by atoms with Gasteiger partial charge in [-0.25, -0.2) is 0 Å². The predicted molar refractivity (Wildman–Crippen MR) is 231 cm³/mol. The van der Waals surface area contributed by atoms with Crippen molar-refractivity contribution >= 4 is 18.3 Å². The Hall–Kier alpha value is -5.03. The Morgan fingerprint density at radius 2 is 0.746 bits per heavy atom. The van der Waals surface area contributed by atoms with Gasteiger partial charge >= 0.3 is 19.8 Å². The van der Waals surface area contributed by atoms with E-state index in [1.54, 1.807) is 35.5 Å². The van der Waals surface area contributed by atoms with Crippen LogP contribution in [0.15, 0.2) is 115 Å². The molecule has 0 bridgehead atoms. The van der Waals surface area contributed by atoms with Gasteiger partial charge in [-0.3, -0.25) is 8.92 Å². The number of hydrogen-bond acceptors (Lipinski definition) is 11. The number of hydrogen-bond donors (Lipinski definition) is 0. The second-order valence-corrected chi connectivity index (χ2v) is 16.3. The SMILES string of the molecule is COc1ccc(CC(C)C)cc1C(C)C.COc1ccc(CO[Si](OCc2ccc(OC)cc2)(OCc2ccc(OC)cc2)OCc2ccc(OC)cc2)cc1.O=[Si]=O.[H+]. The van der Waals surface area contributed by atoms with Gasteiger partial charge in [0.1, 0.15) is 28.7 Å². The summed E-state index contributed by atoms with van der Waals surface area (Å²) in [5, 5.41) is 0. The van der Waals surface area contributed by atoms with Crippen molar-refractivity contribution in [1.82, 2.24) is 0 Å². The first-order valence-corrected chi connectivity index (χ1v) is 21.7. The molecule has 0 saturated carbocycles. The van der Waals surface area contributed by atoms with Crippen LogP contribution in [-0.2, 0) is 59.5 Å². The number of methoxy groups -OCH3 is 5. The Morgan fingerprint density at radius 3 is 0.983 bits per heavy atom. The number of rotatable bonds is 20. The average molecular weight is 844 g/mol. The Labute approximate surface area is 354 Å². The van der Waals surface area contributed by atoms with Crippen LogP contribution >= 0.6 is 0 Å². The fraction of sp³-hybridized carbons (Fsp3) is 0.348. The molecule has 0 aliphatic heterocycles. The lowest BCUT2D eigenvalue weighted by Gasteiger charge is -2.28. The second kappa shape index (κ2) is 26.2. The van der Waals surface area contributed by atoms with E-state index in [1.807, 2.05) is 97.1 Å². The summed E-state index contributed by atoms with van der Waals surface area (Å²) in [6.07, 6.45) is 1.14. The van der Waals surface area contributed by atoms with Crippen molar-refractivity contribution < 1.29 is 51.7 Å². The Kier molecular flexibility index (Phi) is 21.4. The monoisotopic (exact) mass is 843 g/mol. The van der Waals surface area contributed by atoms with E-state index in [9.17, 15) is 0 Å². The van der Waals surface area contributed by atoms with Crippen LogP contribution in [-0.4, -0.2) is 53.9 Å². The van der Waals surface area contributed by atoms with Crippen LogP contribution in [0.4, 0.5) is 0 Å². The molecule has 0 atom stereocenters. The van der Waals surface area contributed by atoms with E-state index in [2.05, 4.69) is 45.9 Å².